The topological polar surface area (TPSA) is 117 Å². The molecule has 0 atom stereocenters. The van der Waals surface area contributed by atoms with E-state index in [-0.39, 0.29) is 21.9 Å². The van der Waals surface area contributed by atoms with E-state index in [4.69, 9.17) is 0 Å². The van der Waals surface area contributed by atoms with Crippen LogP contribution in [-0.2, 0) is 11.0 Å². The predicted octanol–water partition coefficient (Wildman–Crippen LogP) is 1.93. The summed E-state index contributed by atoms with van der Waals surface area (Å²) in [6.07, 6.45) is -1.28. The van der Waals surface area contributed by atoms with Crippen LogP contribution in [0, 0.1) is 6.92 Å². The van der Waals surface area contributed by atoms with Crippen molar-refractivity contribution in [3.05, 3.63) is 68.6 Å². The van der Waals surface area contributed by atoms with Crippen molar-refractivity contribution in [3.63, 3.8) is 0 Å². The van der Waals surface area contributed by atoms with Crippen molar-refractivity contribution in [1.82, 2.24) is 25.5 Å². The van der Waals surface area contributed by atoms with Gasteiger partial charge in [-0.3, -0.25) is 23.9 Å². The van der Waals surface area contributed by atoms with E-state index in [1.807, 2.05) is 0 Å². The number of rotatable bonds is 3. The van der Waals surface area contributed by atoms with E-state index < -0.39 is 28.9 Å². The summed E-state index contributed by atoms with van der Waals surface area (Å²) in [5.41, 5.74) is -1.31. The van der Waals surface area contributed by atoms with Gasteiger partial charge in [-0.1, -0.05) is 6.07 Å². The zero-order valence-electron chi connectivity index (χ0n) is 17.7. The van der Waals surface area contributed by atoms with Crippen LogP contribution in [0.2, 0.25) is 0 Å². The molecule has 1 aliphatic rings. The van der Waals surface area contributed by atoms with E-state index in [1.54, 1.807) is 19.4 Å². The zero-order valence-corrected chi connectivity index (χ0v) is 19.3. The maximum Gasteiger partial charge on any atom is 0.416 e. The van der Waals surface area contributed by atoms with Gasteiger partial charge < -0.3 is 16.0 Å². The van der Waals surface area contributed by atoms with E-state index in [1.165, 1.54) is 26.1 Å². The fourth-order valence-electron chi connectivity index (χ4n) is 2.64. The van der Waals surface area contributed by atoms with Crippen molar-refractivity contribution in [2.45, 2.75) is 13.1 Å². The third-order valence-corrected chi connectivity index (χ3v) is 5.06. The number of hydrogen-bond acceptors (Lipinski definition) is 6. The number of hydrogen-bond donors (Lipinski definition) is 3. The molecule has 0 saturated heterocycles. The Labute approximate surface area is 194 Å². The van der Waals surface area contributed by atoms with E-state index in [9.17, 15) is 27.6 Å². The van der Waals surface area contributed by atoms with Gasteiger partial charge in [-0.15, -0.1) is 0 Å². The monoisotopic (exact) mass is 528 g/mol. The van der Waals surface area contributed by atoms with E-state index >= 15 is 0 Å². The first kappa shape index (κ1) is 25.8. The molecule has 13 heteroatoms. The van der Waals surface area contributed by atoms with Gasteiger partial charge in [0, 0.05) is 32.2 Å². The number of amides is 2. The van der Waals surface area contributed by atoms with Crippen molar-refractivity contribution in [2.75, 3.05) is 20.6 Å². The highest BCUT2D eigenvalue weighted by Crippen LogP contribution is 2.30. The molecule has 0 unspecified atom stereocenters. The number of carbonyl (C=O) groups excluding carboxylic acids is 2. The number of carbonyl (C=O) groups is 2. The summed E-state index contributed by atoms with van der Waals surface area (Å²) < 4.78 is 39.8. The number of benzene rings is 1. The van der Waals surface area contributed by atoms with Crippen LogP contribution in [0.1, 0.15) is 21.7 Å². The first-order valence-corrected chi connectivity index (χ1v) is 10.2. The molecule has 9 nitrogen and oxygen atoms in total. The number of alkyl halides is 3. The predicted molar refractivity (Wildman–Crippen MR) is 119 cm³/mol. The maximum atomic E-state index is 12.9. The van der Waals surface area contributed by atoms with Crippen molar-refractivity contribution in [2.24, 2.45) is 4.99 Å². The number of halogens is 4. The van der Waals surface area contributed by atoms with Crippen molar-refractivity contribution >= 4 is 33.5 Å². The van der Waals surface area contributed by atoms with Gasteiger partial charge in [0.25, 0.3) is 17.4 Å². The minimum absolute atomic E-state index is 0.00409. The Morgan fingerprint density at radius 1 is 1.18 bits per heavy atom. The average Bonchev–Trinajstić information content (AvgIpc) is 2.81. The Hall–Kier alpha value is -3.48. The first-order valence-electron chi connectivity index (χ1n) is 9.37. The van der Waals surface area contributed by atoms with Crippen molar-refractivity contribution < 1.29 is 22.8 Å². The Morgan fingerprint density at radius 2 is 1.85 bits per heavy atom. The molecule has 1 aromatic heterocycles. The molecule has 0 saturated carbocycles. The zero-order chi connectivity index (χ0) is 24.8. The second kappa shape index (κ2) is 10.9. The summed E-state index contributed by atoms with van der Waals surface area (Å²) in [7, 11) is 2.91. The van der Waals surface area contributed by atoms with E-state index in [0.29, 0.717) is 12.3 Å². The summed E-state index contributed by atoms with van der Waals surface area (Å²) in [6, 6.07) is 4.29. The fraction of sp³-hybridized carbons (Fsp3) is 0.250. The molecule has 1 aliphatic heterocycles. The summed E-state index contributed by atoms with van der Waals surface area (Å²) in [5, 5.41) is 7.64. The number of nitrogens with zero attached hydrogens (tertiary/aromatic N) is 3. The van der Waals surface area contributed by atoms with Crippen LogP contribution >= 0.6 is 15.9 Å². The third-order valence-electron chi connectivity index (χ3n) is 4.30. The van der Waals surface area contributed by atoms with Gasteiger partial charge in [-0.2, -0.15) is 13.2 Å². The highest BCUT2D eigenvalue weighted by molar-refractivity contribution is 9.10. The van der Waals surface area contributed by atoms with Gasteiger partial charge in [0.1, 0.15) is 10.3 Å². The fourth-order valence-corrected chi connectivity index (χ4v) is 2.99. The highest BCUT2D eigenvalue weighted by atomic mass is 79.9. The van der Waals surface area contributed by atoms with Crippen LogP contribution in [0.3, 0.4) is 0 Å². The molecule has 2 aromatic rings. The maximum absolute atomic E-state index is 12.9. The van der Waals surface area contributed by atoms with Crippen LogP contribution in [-0.4, -0.2) is 47.7 Å². The highest BCUT2D eigenvalue weighted by Gasteiger charge is 2.31. The number of aliphatic imine (C=N–C) groups is 1. The minimum atomic E-state index is -4.54. The molecule has 0 radical (unpaired) electrons. The quantitative estimate of drug-likeness (QED) is 0.562. The summed E-state index contributed by atoms with van der Waals surface area (Å²) in [5.74, 6) is -0.853. The normalized spacial score (nSPS) is 12.6. The Morgan fingerprint density at radius 3 is 2.39 bits per heavy atom. The molecule has 176 valence electrons. The largest absolute Gasteiger partial charge is 0.416 e. The molecular formula is C20H20BrF3N6O3. The van der Waals surface area contributed by atoms with Crippen LogP contribution < -0.4 is 21.5 Å². The van der Waals surface area contributed by atoms with Gasteiger partial charge in [0.15, 0.2) is 5.69 Å². The van der Waals surface area contributed by atoms with Crippen molar-refractivity contribution in [1.29, 1.82) is 0 Å². The molecule has 3 N–H and O–H groups in total. The molecule has 2 heterocycles. The van der Waals surface area contributed by atoms with Crippen LogP contribution in [0.5, 0.6) is 0 Å². The van der Waals surface area contributed by atoms with Gasteiger partial charge >= 0.3 is 6.18 Å². The lowest BCUT2D eigenvalue weighted by Gasteiger charge is -2.14. The van der Waals surface area contributed by atoms with Gasteiger partial charge in [0.05, 0.1) is 17.8 Å². The molecule has 0 spiro atoms. The van der Waals surface area contributed by atoms with Gasteiger partial charge in [-0.05, 0) is 41.1 Å². The lowest BCUT2D eigenvalue weighted by atomic mass is 10.2. The van der Waals surface area contributed by atoms with Crippen LogP contribution in [0.4, 0.5) is 13.2 Å². The molecule has 2 amide bonds. The summed E-state index contributed by atoms with van der Waals surface area (Å²) >= 11 is 3.11. The number of aromatic nitrogens is 2. The number of nitrogens with one attached hydrogen (secondary N) is 3. The summed E-state index contributed by atoms with van der Waals surface area (Å²) in [4.78, 5) is 42.7. The van der Waals surface area contributed by atoms with Gasteiger partial charge in [-0.25, -0.2) is 4.98 Å². The molecule has 33 heavy (non-hydrogen) atoms. The second-order valence-corrected chi connectivity index (χ2v) is 7.21. The molecule has 0 bridgehead atoms. The Balaban J connectivity index is 0.000000321. The van der Waals surface area contributed by atoms with Crippen LogP contribution in [0.15, 0.2) is 51.1 Å². The standard InChI is InChI=1S/C14H11BrF3N3O2.C6H9N3O/c1-7-11(15)20-10(12(22)19-2)13(23)21(7)9-5-3-4-8(6-9)14(16,17)18;1-7-6(10)5-4-8-2-3-9-5/h3-6H,1-2H3,(H,19,22);2-3,8H,4H2,1H3,(H,7,10). The second-order valence-electron chi connectivity index (χ2n) is 6.46. The van der Waals surface area contributed by atoms with E-state index in [2.05, 4.69) is 41.9 Å². The molecule has 0 fully saturated rings. The van der Waals surface area contributed by atoms with Crippen LogP contribution in [0.25, 0.3) is 5.69 Å². The Kier molecular flexibility index (Phi) is 8.51. The Bertz CT molecular complexity index is 1170. The SMILES string of the molecule is CNC(=O)C1=NC=CNC1.CNC(=O)c1nc(Br)c(C)n(-c2cccc(C(F)(F)F)c2)c1=O. The third kappa shape index (κ3) is 6.28. The molecular weight excluding hydrogens is 509 g/mol. The van der Waals surface area contributed by atoms with Crippen molar-refractivity contribution in [3.8, 4) is 5.69 Å². The minimum Gasteiger partial charge on any atom is -0.384 e. The average molecular weight is 529 g/mol. The smallest absolute Gasteiger partial charge is 0.384 e. The molecule has 0 aliphatic carbocycles. The molecule has 1 aromatic carbocycles. The first-order chi connectivity index (χ1) is 15.5. The summed E-state index contributed by atoms with van der Waals surface area (Å²) in [6.45, 7) is 2.02. The lowest BCUT2D eigenvalue weighted by Crippen LogP contribution is -2.35. The van der Waals surface area contributed by atoms with E-state index in [0.717, 1.165) is 16.7 Å². The lowest BCUT2D eigenvalue weighted by molar-refractivity contribution is -0.137. The molecule has 3 rings (SSSR count). The van der Waals surface area contributed by atoms with Gasteiger partial charge in [0.2, 0.25) is 0 Å².